The van der Waals surface area contributed by atoms with Crippen LogP contribution in [0.25, 0.3) is 5.57 Å². The van der Waals surface area contributed by atoms with Crippen LogP contribution >= 0.6 is 0 Å². The fraction of sp³-hybridized carbons (Fsp3) is 0.231. The van der Waals surface area contributed by atoms with E-state index in [4.69, 9.17) is 13.9 Å². The molecule has 2 amide bonds. The summed E-state index contributed by atoms with van der Waals surface area (Å²) in [4.78, 5) is 27.9. The molecule has 0 aliphatic carbocycles. The minimum atomic E-state index is -0.417. The molecule has 0 spiro atoms. The Bertz CT molecular complexity index is 1150. The highest BCUT2D eigenvalue weighted by atomic mass is 16.5. The number of nitrogens with one attached hydrogen (secondary N) is 1. The minimum Gasteiger partial charge on any atom is -0.494 e. The average Bonchev–Trinajstić information content (AvgIpc) is 3.42. The lowest BCUT2D eigenvalue weighted by atomic mass is 10.0. The molecule has 7 heteroatoms. The standard InChI is InChI=1S/C26H26N2O5/c1-3-14-32-21-8-5-7-19(16-21)27-24-23(18-10-12-20(13-11-18)31-4-2)25(29)28(26(24)30)17-22-9-6-15-33-22/h5-13,15-16,27H,3-4,14,17H2,1-2H3. The van der Waals surface area contributed by atoms with Gasteiger partial charge in [0.25, 0.3) is 11.8 Å². The lowest BCUT2D eigenvalue weighted by molar-refractivity contribution is -0.137. The van der Waals surface area contributed by atoms with Crippen LogP contribution in [0.1, 0.15) is 31.6 Å². The predicted octanol–water partition coefficient (Wildman–Crippen LogP) is 4.86. The Hall–Kier alpha value is -4.00. The van der Waals surface area contributed by atoms with Gasteiger partial charge in [0.15, 0.2) is 0 Å². The maximum Gasteiger partial charge on any atom is 0.278 e. The van der Waals surface area contributed by atoms with Gasteiger partial charge in [-0.3, -0.25) is 14.5 Å². The largest absolute Gasteiger partial charge is 0.494 e. The summed E-state index contributed by atoms with van der Waals surface area (Å²) in [5, 5.41) is 3.16. The number of nitrogens with zero attached hydrogens (tertiary/aromatic N) is 1. The number of anilines is 1. The van der Waals surface area contributed by atoms with Crippen molar-refractivity contribution in [3.05, 3.63) is 83.9 Å². The molecule has 0 bridgehead atoms. The van der Waals surface area contributed by atoms with Crippen LogP contribution in [0.4, 0.5) is 5.69 Å². The zero-order valence-electron chi connectivity index (χ0n) is 18.7. The number of hydrogen-bond donors (Lipinski definition) is 1. The van der Waals surface area contributed by atoms with E-state index >= 15 is 0 Å². The Labute approximate surface area is 192 Å². The topological polar surface area (TPSA) is 81.0 Å². The fourth-order valence-electron chi connectivity index (χ4n) is 3.57. The molecule has 7 nitrogen and oxygen atoms in total. The lowest BCUT2D eigenvalue weighted by Crippen LogP contribution is -2.31. The van der Waals surface area contributed by atoms with Crippen molar-refractivity contribution in [3.63, 3.8) is 0 Å². The number of rotatable bonds is 10. The second-order valence-corrected chi connectivity index (χ2v) is 7.48. The smallest absolute Gasteiger partial charge is 0.278 e. The summed E-state index contributed by atoms with van der Waals surface area (Å²) in [7, 11) is 0. The number of furan rings is 1. The molecule has 0 unspecified atom stereocenters. The molecule has 0 saturated heterocycles. The third-order valence-corrected chi connectivity index (χ3v) is 5.09. The van der Waals surface area contributed by atoms with E-state index < -0.39 is 5.91 Å². The quantitative estimate of drug-likeness (QED) is 0.448. The van der Waals surface area contributed by atoms with Crippen LogP contribution in [0.15, 0.2) is 77.0 Å². The normalized spacial score (nSPS) is 13.6. The third kappa shape index (κ3) is 4.92. The molecule has 0 saturated carbocycles. The van der Waals surface area contributed by atoms with E-state index in [1.807, 2.05) is 38.1 Å². The molecule has 2 heterocycles. The van der Waals surface area contributed by atoms with Gasteiger partial charge in [-0.2, -0.15) is 0 Å². The van der Waals surface area contributed by atoms with Crippen LogP contribution in [0, 0.1) is 0 Å². The van der Waals surface area contributed by atoms with E-state index in [2.05, 4.69) is 5.32 Å². The van der Waals surface area contributed by atoms with E-state index in [-0.39, 0.29) is 18.1 Å². The molecule has 0 radical (unpaired) electrons. The summed E-state index contributed by atoms with van der Waals surface area (Å²) in [6.07, 6.45) is 2.40. The molecule has 1 aliphatic rings. The van der Waals surface area contributed by atoms with Crippen LogP contribution in [0.5, 0.6) is 11.5 Å². The van der Waals surface area contributed by atoms with E-state index in [1.165, 1.54) is 11.2 Å². The molecule has 1 aliphatic heterocycles. The van der Waals surface area contributed by atoms with Crippen LogP contribution in [-0.4, -0.2) is 29.9 Å². The highest BCUT2D eigenvalue weighted by Crippen LogP contribution is 2.33. The SMILES string of the molecule is CCCOc1cccc(NC2=C(c3ccc(OCC)cc3)C(=O)N(Cc3ccco3)C2=O)c1. The highest BCUT2D eigenvalue weighted by Gasteiger charge is 2.39. The average molecular weight is 447 g/mol. The molecule has 3 aromatic rings. The predicted molar refractivity (Wildman–Crippen MR) is 125 cm³/mol. The van der Waals surface area contributed by atoms with Crippen molar-refractivity contribution in [1.82, 2.24) is 4.90 Å². The van der Waals surface area contributed by atoms with Gasteiger partial charge < -0.3 is 19.2 Å². The Morgan fingerprint density at radius 1 is 0.909 bits per heavy atom. The van der Waals surface area contributed by atoms with Crippen LogP contribution in [0.3, 0.4) is 0 Å². The number of amides is 2. The van der Waals surface area contributed by atoms with E-state index in [0.29, 0.717) is 47.3 Å². The van der Waals surface area contributed by atoms with E-state index in [0.717, 1.165) is 6.42 Å². The first-order chi connectivity index (χ1) is 16.1. The summed E-state index contributed by atoms with van der Waals surface area (Å²) in [6, 6.07) is 17.9. The van der Waals surface area contributed by atoms with Gasteiger partial charge in [0.1, 0.15) is 23.0 Å². The van der Waals surface area contributed by atoms with Crippen molar-refractivity contribution in [2.24, 2.45) is 0 Å². The maximum atomic E-state index is 13.4. The number of imide groups is 1. The Morgan fingerprint density at radius 2 is 1.73 bits per heavy atom. The van der Waals surface area contributed by atoms with E-state index in [1.54, 1.807) is 36.4 Å². The van der Waals surface area contributed by atoms with Crippen molar-refractivity contribution in [2.75, 3.05) is 18.5 Å². The van der Waals surface area contributed by atoms with Crippen LogP contribution in [0.2, 0.25) is 0 Å². The molecule has 2 aromatic carbocycles. The first kappa shape index (κ1) is 22.2. The molecule has 170 valence electrons. The van der Waals surface area contributed by atoms with Gasteiger partial charge >= 0.3 is 0 Å². The fourth-order valence-corrected chi connectivity index (χ4v) is 3.57. The second-order valence-electron chi connectivity index (χ2n) is 7.48. The van der Waals surface area contributed by atoms with Crippen LogP contribution in [-0.2, 0) is 16.1 Å². The molecule has 1 N–H and O–H groups in total. The number of carbonyl (C=O) groups is 2. The lowest BCUT2D eigenvalue weighted by Gasteiger charge is -2.14. The van der Waals surface area contributed by atoms with Gasteiger partial charge in [0, 0.05) is 11.8 Å². The summed E-state index contributed by atoms with van der Waals surface area (Å²) in [5.74, 6) is 1.11. The van der Waals surface area contributed by atoms with E-state index in [9.17, 15) is 9.59 Å². The summed E-state index contributed by atoms with van der Waals surface area (Å²) in [6.45, 7) is 5.13. The monoisotopic (exact) mass is 446 g/mol. The molecule has 4 rings (SSSR count). The molecular formula is C26H26N2O5. The van der Waals surface area contributed by atoms with Gasteiger partial charge in [0.2, 0.25) is 0 Å². The molecule has 1 aromatic heterocycles. The first-order valence-corrected chi connectivity index (χ1v) is 11.0. The van der Waals surface area contributed by atoms with Gasteiger partial charge in [0.05, 0.1) is 31.6 Å². The van der Waals surface area contributed by atoms with Crippen molar-refractivity contribution >= 4 is 23.1 Å². The van der Waals surface area contributed by atoms with Gasteiger partial charge in [-0.25, -0.2) is 0 Å². The highest BCUT2D eigenvalue weighted by molar-refractivity contribution is 6.36. The van der Waals surface area contributed by atoms with Crippen molar-refractivity contribution in [3.8, 4) is 11.5 Å². The number of ether oxygens (including phenoxy) is 2. The Morgan fingerprint density at radius 3 is 2.42 bits per heavy atom. The summed E-state index contributed by atoms with van der Waals surface area (Å²) >= 11 is 0. The van der Waals surface area contributed by atoms with Gasteiger partial charge in [-0.1, -0.05) is 25.1 Å². The van der Waals surface area contributed by atoms with Gasteiger partial charge in [-0.05, 0) is 55.3 Å². The molecule has 33 heavy (non-hydrogen) atoms. The van der Waals surface area contributed by atoms with Crippen molar-refractivity contribution in [2.45, 2.75) is 26.8 Å². The maximum absolute atomic E-state index is 13.4. The molecule has 0 atom stereocenters. The van der Waals surface area contributed by atoms with Crippen molar-refractivity contribution < 1.29 is 23.5 Å². The van der Waals surface area contributed by atoms with Gasteiger partial charge in [-0.15, -0.1) is 0 Å². The minimum absolute atomic E-state index is 0.0516. The summed E-state index contributed by atoms with van der Waals surface area (Å²) < 4.78 is 16.6. The third-order valence-electron chi connectivity index (χ3n) is 5.09. The molecule has 0 fully saturated rings. The Kier molecular flexibility index (Phi) is 6.78. The van der Waals surface area contributed by atoms with Crippen molar-refractivity contribution in [1.29, 1.82) is 0 Å². The second kappa shape index (κ2) is 10.1. The first-order valence-electron chi connectivity index (χ1n) is 11.0. The Balaban J connectivity index is 1.69. The van der Waals surface area contributed by atoms with Crippen LogP contribution < -0.4 is 14.8 Å². The number of hydrogen-bond acceptors (Lipinski definition) is 6. The number of benzene rings is 2. The summed E-state index contributed by atoms with van der Waals surface area (Å²) in [5.41, 5.74) is 1.79. The zero-order chi connectivity index (χ0) is 23.2. The molecular weight excluding hydrogens is 420 g/mol. The zero-order valence-corrected chi connectivity index (χ0v) is 18.7. The number of carbonyl (C=O) groups excluding carboxylic acids is 2.